The fourth-order valence-electron chi connectivity index (χ4n) is 3.72. The fourth-order valence-corrected chi connectivity index (χ4v) is 3.72. The molecule has 0 aromatic heterocycles. The highest BCUT2D eigenvalue weighted by molar-refractivity contribution is 5.80. The fraction of sp³-hybridized carbons (Fsp3) is 0.417. The maximum atomic E-state index is 11.7. The molecule has 0 amide bonds. The summed E-state index contributed by atoms with van der Waals surface area (Å²) in [4.78, 5) is 18.4. The van der Waals surface area contributed by atoms with Crippen LogP contribution in [-0.2, 0) is 34.0 Å². The minimum absolute atomic E-state index is 0.00755. The van der Waals surface area contributed by atoms with E-state index >= 15 is 0 Å². The number of piperidine rings is 1. The van der Waals surface area contributed by atoms with Crippen LogP contribution in [0.4, 0.5) is 0 Å². The Hall–Kier alpha value is -2.86. The van der Waals surface area contributed by atoms with Gasteiger partial charge in [0.25, 0.3) is 0 Å². The van der Waals surface area contributed by atoms with Crippen molar-refractivity contribution in [2.24, 2.45) is 10.9 Å². The second-order valence-electron chi connectivity index (χ2n) is 7.43. The SMILES string of the molecule is CN=C(NCc1ccccc1COCc1ccccc1)N1CCC(C(=O)OC)CC1. The third-order valence-corrected chi connectivity index (χ3v) is 5.47. The number of aliphatic imine (C=N–C) groups is 1. The van der Waals surface area contributed by atoms with E-state index in [9.17, 15) is 4.79 Å². The van der Waals surface area contributed by atoms with Gasteiger partial charge in [-0.2, -0.15) is 0 Å². The smallest absolute Gasteiger partial charge is 0.308 e. The molecule has 1 saturated heterocycles. The van der Waals surface area contributed by atoms with Gasteiger partial charge in [-0.05, 0) is 29.5 Å². The molecule has 6 nitrogen and oxygen atoms in total. The number of esters is 1. The van der Waals surface area contributed by atoms with Gasteiger partial charge in [0.2, 0.25) is 0 Å². The Labute approximate surface area is 178 Å². The van der Waals surface area contributed by atoms with Crippen LogP contribution in [0.1, 0.15) is 29.5 Å². The zero-order valence-corrected chi connectivity index (χ0v) is 17.8. The van der Waals surface area contributed by atoms with Crippen LogP contribution in [0.2, 0.25) is 0 Å². The standard InChI is InChI=1S/C24H31N3O3/c1-25-24(27-14-12-20(13-15-27)23(28)29-2)26-16-21-10-6-7-11-22(21)18-30-17-19-8-4-3-5-9-19/h3-11,20H,12-18H2,1-2H3,(H,25,26). The monoisotopic (exact) mass is 409 g/mol. The molecular weight excluding hydrogens is 378 g/mol. The Bertz CT molecular complexity index is 831. The highest BCUT2D eigenvalue weighted by atomic mass is 16.5. The van der Waals surface area contributed by atoms with Crippen molar-refractivity contribution in [3.05, 3.63) is 71.3 Å². The van der Waals surface area contributed by atoms with Crippen molar-refractivity contribution in [2.75, 3.05) is 27.2 Å². The summed E-state index contributed by atoms with van der Waals surface area (Å²) in [6.07, 6.45) is 1.58. The highest BCUT2D eigenvalue weighted by Gasteiger charge is 2.26. The molecule has 0 bridgehead atoms. The summed E-state index contributed by atoms with van der Waals surface area (Å²) in [6.45, 7) is 3.42. The number of likely N-dealkylation sites (tertiary alicyclic amines) is 1. The van der Waals surface area contributed by atoms with Crippen LogP contribution in [0.25, 0.3) is 0 Å². The molecule has 1 heterocycles. The van der Waals surface area contributed by atoms with Gasteiger partial charge in [-0.15, -0.1) is 0 Å². The molecule has 2 aromatic rings. The van der Waals surface area contributed by atoms with E-state index in [1.54, 1.807) is 7.05 Å². The lowest BCUT2D eigenvalue weighted by atomic mass is 9.97. The molecule has 0 saturated carbocycles. The van der Waals surface area contributed by atoms with Gasteiger partial charge in [0.1, 0.15) is 0 Å². The van der Waals surface area contributed by atoms with E-state index in [-0.39, 0.29) is 11.9 Å². The zero-order valence-electron chi connectivity index (χ0n) is 17.8. The number of benzene rings is 2. The van der Waals surface area contributed by atoms with Crippen molar-refractivity contribution in [3.63, 3.8) is 0 Å². The Morgan fingerprint density at radius 3 is 2.37 bits per heavy atom. The third kappa shape index (κ3) is 6.07. The first-order chi connectivity index (χ1) is 14.7. The summed E-state index contributed by atoms with van der Waals surface area (Å²) in [5.41, 5.74) is 3.53. The topological polar surface area (TPSA) is 63.2 Å². The molecular formula is C24H31N3O3. The van der Waals surface area contributed by atoms with Gasteiger partial charge < -0.3 is 19.7 Å². The first-order valence-corrected chi connectivity index (χ1v) is 10.4. The van der Waals surface area contributed by atoms with Gasteiger partial charge in [-0.25, -0.2) is 0 Å². The van der Waals surface area contributed by atoms with Crippen LogP contribution in [0.15, 0.2) is 59.6 Å². The van der Waals surface area contributed by atoms with Crippen molar-refractivity contribution in [1.29, 1.82) is 0 Å². The second-order valence-corrected chi connectivity index (χ2v) is 7.43. The molecule has 6 heteroatoms. The Kier molecular flexibility index (Phi) is 8.27. The molecule has 2 aromatic carbocycles. The van der Waals surface area contributed by atoms with Crippen LogP contribution in [0.5, 0.6) is 0 Å². The Balaban J connectivity index is 1.51. The molecule has 0 aliphatic carbocycles. The number of hydrogen-bond donors (Lipinski definition) is 1. The van der Waals surface area contributed by atoms with Gasteiger partial charge in [0.05, 0.1) is 26.2 Å². The summed E-state index contributed by atoms with van der Waals surface area (Å²) < 4.78 is 10.8. The number of ether oxygens (including phenoxy) is 2. The Morgan fingerprint density at radius 2 is 1.70 bits per heavy atom. The largest absolute Gasteiger partial charge is 0.469 e. The van der Waals surface area contributed by atoms with Crippen molar-refractivity contribution in [3.8, 4) is 0 Å². The van der Waals surface area contributed by atoms with Crippen LogP contribution in [0, 0.1) is 5.92 Å². The van der Waals surface area contributed by atoms with Crippen LogP contribution < -0.4 is 5.32 Å². The van der Waals surface area contributed by atoms with Gasteiger partial charge >= 0.3 is 5.97 Å². The van der Waals surface area contributed by atoms with Crippen LogP contribution in [0.3, 0.4) is 0 Å². The quantitative estimate of drug-likeness (QED) is 0.432. The van der Waals surface area contributed by atoms with Gasteiger partial charge in [-0.1, -0.05) is 54.6 Å². The minimum Gasteiger partial charge on any atom is -0.469 e. The number of nitrogens with zero attached hydrogens (tertiary/aromatic N) is 2. The third-order valence-electron chi connectivity index (χ3n) is 5.47. The molecule has 1 N–H and O–H groups in total. The number of rotatable bonds is 7. The molecule has 0 unspecified atom stereocenters. The minimum atomic E-state index is -0.109. The van der Waals surface area contributed by atoms with E-state index < -0.39 is 0 Å². The maximum absolute atomic E-state index is 11.7. The molecule has 1 fully saturated rings. The average molecular weight is 410 g/mol. The summed E-state index contributed by atoms with van der Waals surface area (Å²) in [5.74, 6) is 0.743. The molecule has 3 rings (SSSR count). The molecule has 160 valence electrons. The average Bonchev–Trinajstić information content (AvgIpc) is 2.81. The van der Waals surface area contributed by atoms with Crippen molar-refractivity contribution in [1.82, 2.24) is 10.2 Å². The lowest BCUT2D eigenvalue weighted by molar-refractivity contribution is -0.146. The molecule has 30 heavy (non-hydrogen) atoms. The number of methoxy groups -OCH3 is 1. The first kappa shape index (κ1) is 21.8. The number of carbonyl (C=O) groups excluding carboxylic acids is 1. The van der Waals surface area contributed by atoms with Gasteiger partial charge in [0.15, 0.2) is 5.96 Å². The number of hydrogen-bond acceptors (Lipinski definition) is 4. The van der Waals surface area contributed by atoms with Crippen LogP contribution in [-0.4, -0.2) is 44.1 Å². The highest BCUT2D eigenvalue weighted by Crippen LogP contribution is 2.19. The summed E-state index contributed by atoms with van der Waals surface area (Å²) in [6, 6.07) is 18.5. The summed E-state index contributed by atoms with van der Waals surface area (Å²) >= 11 is 0. The van der Waals surface area contributed by atoms with E-state index in [0.29, 0.717) is 19.8 Å². The predicted molar refractivity (Wildman–Crippen MR) is 118 cm³/mol. The molecule has 1 aliphatic rings. The summed E-state index contributed by atoms with van der Waals surface area (Å²) in [7, 11) is 3.25. The normalized spacial score (nSPS) is 15.1. The maximum Gasteiger partial charge on any atom is 0.308 e. The van der Waals surface area contributed by atoms with E-state index in [1.807, 2.05) is 30.3 Å². The first-order valence-electron chi connectivity index (χ1n) is 10.4. The van der Waals surface area contributed by atoms with Gasteiger partial charge in [-0.3, -0.25) is 9.79 Å². The number of guanidine groups is 1. The van der Waals surface area contributed by atoms with Crippen molar-refractivity contribution in [2.45, 2.75) is 32.6 Å². The van der Waals surface area contributed by atoms with Crippen LogP contribution >= 0.6 is 0 Å². The zero-order chi connectivity index (χ0) is 21.2. The molecule has 1 aliphatic heterocycles. The second kappa shape index (κ2) is 11.4. The lowest BCUT2D eigenvalue weighted by Crippen LogP contribution is -2.46. The van der Waals surface area contributed by atoms with E-state index in [2.05, 4.69) is 39.5 Å². The molecule has 0 atom stereocenters. The van der Waals surface area contributed by atoms with E-state index in [0.717, 1.165) is 31.9 Å². The molecule has 0 radical (unpaired) electrons. The predicted octanol–water partition coefficient (Wildman–Crippen LogP) is 3.36. The lowest BCUT2D eigenvalue weighted by Gasteiger charge is -2.33. The van der Waals surface area contributed by atoms with Crippen molar-refractivity contribution >= 4 is 11.9 Å². The Morgan fingerprint density at radius 1 is 1.03 bits per heavy atom. The van der Waals surface area contributed by atoms with Crippen molar-refractivity contribution < 1.29 is 14.3 Å². The molecule has 0 spiro atoms. The number of nitrogens with one attached hydrogen (secondary N) is 1. The summed E-state index contributed by atoms with van der Waals surface area (Å²) in [5, 5.41) is 3.47. The van der Waals surface area contributed by atoms with E-state index in [1.165, 1.54) is 23.8 Å². The van der Waals surface area contributed by atoms with E-state index in [4.69, 9.17) is 9.47 Å². The van der Waals surface area contributed by atoms with Gasteiger partial charge in [0, 0.05) is 26.7 Å². The number of carbonyl (C=O) groups is 1.